The van der Waals surface area contributed by atoms with Crippen LogP contribution in [0, 0.1) is 19.7 Å². The molecule has 1 atom stereocenters. The third-order valence-electron chi connectivity index (χ3n) is 7.13. The number of benzene rings is 1. The van der Waals surface area contributed by atoms with Gasteiger partial charge in [-0.05, 0) is 77.3 Å². The number of aryl methyl sites for hydroxylation is 2. The van der Waals surface area contributed by atoms with Gasteiger partial charge in [-0.2, -0.15) is 5.10 Å². The first-order chi connectivity index (χ1) is 18.5. The van der Waals surface area contributed by atoms with Crippen molar-refractivity contribution in [2.75, 3.05) is 13.2 Å². The minimum absolute atomic E-state index is 0.250. The van der Waals surface area contributed by atoms with E-state index in [9.17, 15) is 9.18 Å². The Hall–Kier alpha value is -3.95. The molecule has 0 N–H and O–H groups in total. The second kappa shape index (κ2) is 10.3. The molecule has 1 saturated heterocycles. The predicted molar refractivity (Wildman–Crippen MR) is 145 cm³/mol. The average molecular weight is 535 g/mol. The second-order valence-electron chi connectivity index (χ2n) is 11.0. The molecule has 0 aliphatic carbocycles. The summed E-state index contributed by atoms with van der Waals surface area (Å²) in [7, 11) is 1.92. The normalized spacial score (nSPS) is 15.8. The molecule has 39 heavy (non-hydrogen) atoms. The van der Waals surface area contributed by atoms with Crippen LogP contribution >= 0.6 is 0 Å². The van der Waals surface area contributed by atoms with Crippen molar-refractivity contribution in [1.29, 1.82) is 0 Å². The fourth-order valence-electron chi connectivity index (χ4n) is 5.17. The molecule has 1 aliphatic rings. The van der Waals surface area contributed by atoms with E-state index in [0.717, 1.165) is 40.9 Å². The number of likely N-dealkylation sites (tertiary alicyclic amines) is 1. The van der Waals surface area contributed by atoms with Crippen LogP contribution in [-0.2, 0) is 18.2 Å². The molecule has 4 heterocycles. The summed E-state index contributed by atoms with van der Waals surface area (Å²) in [5.74, 6) is 0.759. The molecule has 5 rings (SSSR count). The van der Waals surface area contributed by atoms with E-state index in [2.05, 4.69) is 15.3 Å². The predicted octanol–water partition coefficient (Wildman–Crippen LogP) is 5.58. The van der Waals surface area contributed by atoms with Gasteiger partial charge >= 0.3 is 6.09 Å². The summed E-state index contributed by atoms with van der Waals surface area (Å²) in [5, 5.41) is 13.3. The van der Waals surface area contributed by atoms with E-state index in [-0.39, 0.29) is 18.0 Å². The summed E-state index contributed by atoms with van der Waals surface area (Å²) in [5.41, 5.74) is 4.86. The van der Waals surface area contributed by atoms with Crippen LogP contribution in [0.1, 0.15) is 62.4 Å². The highest BCUT2D eigenvalue weighted by Gasteiger charge is 2.36. The maximum absolute atomic E-state index is 14.3. The van der Waals surface area contributed by atoms with E-state index in [0.29, 0.717) is 36.8 Å². The lowest BCUT2D eigenvalue weighted by Crippen LogP contribution is -2.37. The Morgan fingerprint density at radius 3 is 2.67 bits per heavy atom. The Morgan fingerprint density at radius 2 is 1.95 bits per heavy atom. The topological polar surface area (TPSA) is 86.8 Å². The maximum atomic E-state index is 14.3. The minimum Gasteiger partial charge on any atom is -0.492 e. The molecule has 3 aromatic heterocycles. The first kappa shape index (κ1) is 26.6. The Labute approximate surface area is 227 Å². The Balaban J connectivity index is 1.43. The van der Waals surface area contributed by atoms with Gasteiger partial charge in [-0.15, -0.1) is 10.2 Å². The van der Waals surface area contributed by atoms with E-state index in [1.165, 1.54) is 12.1 Å². The standard InChI is InChI=1S/C29H35FN6O3/c1-18-22(19(2)34(6)33-18)13-15-38-25-16-21(30)10-11-23(25)20-9-12-26-31-32-27(36(26)17-20)24-8-7-14-35(24)28(37)39-29(3,4)5/h9-12,16-17,24H,7-8,13-15H2,1-6H3. The van der Waals surface area contributed by atoms with Crippen LogP contribution in [0.4, 0.5) is 9.18 Å². The molecule has 0 saturated carbocycles. The fourth-order valence-corrected chi connectivity index (χ4v) is 5.17. The molecular formula is C29H35FN6O3. The lowest BCUT2D eigenvalue weighted by atomic mass is 10.1. The molecule has 1 amide bonds. The van der Waals surface area contributed by atoms with Gasteiger partial charge in [0.2, 0.25) is 0 Å². The van der Waals surface area contributed by atoms with Crippen molar-refractivity contribution < 1.29 is 18.7 Å². The summed E-state index contributed by atoms with van der Waals surface area (Å²) >= 11 is 0. The summed E-state index contributed by atoms with van der Waals surface area (Å²) in [4.78, 5) is 14.6. The summed E-state index contributed by atoms with van der Waals surface area (Å²) in [6, 6.07) is 8.10. The number of fused-ring (bicyclic) bond motifs is 1. The number of rotatable bonds is 6. The van der Waals surface area contributed by atoms with Gasteiger partial charge in [-0.25, -0.2) is 9.18 Å². The van der Waals surface area contributed by atoms with Gasteiger partial charge in [-0.1, -0.05) is 0 Å². The van der Waals surface area contributed by atoms with Gasteiger partial charge in [0, 0.05) is 49.1 Å². The van der Waals surface area contributed by atoms with E-state index >= 15 is 0 Å². The number of ether oxygens (including phenoxy) is 2. The number of carbonyl (C=O) groups is 1. The van der Waals surface area contributed by atoms with Crippen LogP contribution in [-0.4, -0.2) is 54.1 Å². The molecule has 0 spiro atoms. The zero-order valence-corrected chi connectivity index (χ0v) is 23.4. The zero-order valence-electron chi connectivity index (χ0n) is 23.4. The van der Waals surface area contributed by atoms with Crippen molar-refractivity contribution in [3.05, 3.63) is 65.1 Å². The largest absolute Gasteiger partial charge is 0.492 e. The fraction of sp³-hybridized carbons (Fsp3) is 0.448. The number of hydrogen-bond acceptors (Lipinski definition) is 6. The molecule has 0 bridgehead atoms. The van der Waals surface area contributed by atoms with Crippen LogP contribution in [0.3, 0.4) is 0 Å². The van der Waals surface area contributed by atoms with Crippen molar-refractivity contribution in [3.8, 4) is 16.9 Å². The monoisotopic (exact) mass is 534 g/mol. The number of hydrogen-bond donors (Lipinski definition) is 0. The number of pyridine rings is 1. The molecule has 4 aromatic rings. The van der Waals surface area contributed by atoms with Crippen LogP contribution in [0.2, 0.25) is 0 Å². The summed E-state index contributed by atoms with van der Waals surface area (Å²) < 4.78 is 29.8. The number of amides is 1. The molecule has 1 aliphatic heterocycles. The molecule has 9 nitrogen and oxygen atoms in total. The first-order valence-corrected chi connectivity index (χ1v) is 13.3. The lowest BCUT2D eigenvalue weighted by Gasteiger charge is -2.27. The molecule has 10 heteroatoms. The average Bonchev–Trinajstić information content (AvgIpc) is 3.57. The highest BCUT2D eigenvalue weighted by atomic mass is 19.1. The quantitative estimate of drug-likeness (QED) is 0.321. The van der Waals surface area contributed by atoms with E-state index < -0.39 is 5.60 Å². The molecular weight excluding hydrogens is 499 g/mol. The number of halogens is 1. The third kappa shape index (κ3) is 5.46. The summed E-state index contributed by atoms with van der Waals surface area (Å²) in [6.45, 7) is 10.6. The molecule has 1 fully saturated rings. The smallest absolute Gasteiger partial charge is 0.410 e. The number of nitrogens with zero attached hydrogens (tertiary/aromatic N) is 6. The van der Waals surface area contributed by atoms with Gasteiger partial charge in [0.05, 0.1) is 18.3 Å². The summed E-state index contributed by atoms with van der Waals surface area (Å²) in [6.07, 6.45) is 3.85. The van der Waals surface area contributed by atoms with Crippen molar-refractivity contribution in [3.63, 3.8) is 0 Å². The van der Waals surface area contributed by atoms with Crippen molar-refractivity contribution >= 4 is 11.7 Å². The van der Waals surface area contributed by atoms with Crippen molar-refractivity contribution in [2.45, 2.75) is 65.5 Å². The highest BCUT2D eigenvalue weighted by molar-refractivity contribution is 5.71. The van der Waals surface area contributed by atoms with Crippen LogP contribution in [0.15, 0.2) is 36.5 Å². The first-order valence-electron chi connectivity index (χ1n) is 13.3. The van der Waals surface area contributed by atoms with Gasteiger partial charge in [0.1, 0.15) is 17.2 Å². The minimum atomic E-state index is -0.586. The number of aromatic nitrogens is 5. The SMILES string of the molecule is Cc1nn(C)c(C)c1CCOc1cc(F)ccc1-c1ccc2nnc(C3CCCN3C(=O)OC(C)(C)C)n2c1. The third-order valence-corrected chi connectivity index (χ3v) is 7.13. The van der Waals surface area contributed by atoms with E-state index in [1.54, 1.807) is 11.0 Å². The Kier molecular flexibility index (Phi) is 7.05. The zero-order chi connectivity index (χ0) is 27.9. The van der Waals surface area contributed by atoms with Gasteiger partial charge in [0.25, 0.3) is 0 Å². The van der Waals surface area contributed by atoms with Gasteiger partial charge in [0.15, 0.2) is 11.5 Å². The molecule has 1 unspecified atom stereocenters. The highest BCUT2D eigenvalue weighted by Crippen LogP contribution is 2.35. The van der Waals surface area contributed by atoms with Crippen LogP contribution in [0.25, 0.3) is 16.8 Å². The van der Waals surface area contributed by atoms with Crippen molar-refractivity contribution in [1.82, 2.24) is 29.3 Å². The molecule has 0 radical (unpaired) electrons. The van der Waals surface area contributed by atoms with Gasteiger partial charge in [-0.3, -0.25) is 14.0 Å². The van der Waals surface area contributed by atoms with Crippen LogP contribution < -0.4 is 4.74 Å². The van der Waals surface area contributed by atoms with E-state index in [1.807, 2.05) is 69.1 Å². The van der Waals surface area contributed by atoms with Crippen molar-refractivity contribution in [2.24, 2.45) is 7.05 Å². The molecule has 1 aromatic carbocycles. The number of carbonyl (C=O) groups excluding carboxylic acids is 1. The van der Waals surface area contributed by atoms with Crippen LogP contribution in [0.5, 0.6) is 5.75 Å². The Bertz CT molecular complexity index is 1520. The maximum Gasteiger partial charge on any atom is 0.410 e. The molecule has 206 valence electrons. The van der Waals surface area contributed by atoms with Gasteiger partial charge < -0.3 is 9.47 Å². The second-order valence-corrected chi connectivity index (χ2v) is 11.0. The lowest BCUT2D eigenvalue weighted by molar-refractivity contribution is 0.0217. The Morgan fingerprint density at radius 1 is 1.15 bits per heavy atom. The van der Waals surface area contributed by atoms with E-state index in [4.69, 9.17) is 9.47 Å².